The Hall–Kier alpha value is -3.06. The summed E-state index contributed by atoms with van der Waals surface area (Å²) in [6.45, 7) is 4.60. The fraction of sp³-hybridized carbons (Fsp3) is 0.190. The van der Waals surface area contributed by atoms with Gasteiger partial charge in [-0.2, -0.15) is 0 Å². The molecule has 1 aromatic carbocycles. The standard InChI is InChI=1S/C21H20N4O2S/c1-15-11-19(16(2)24(15)12-18-9-6-10-27-18)20(26)13-28-21-23-22-14-25(21)17-7-4-3-5-8-17/h3-11,14H,12-13H2,1-2H3. The van der Waals surface area contributed by atoms with Crippen LogP contribution >= 0.6 is 11.8 Å². The Bertz CT molecular complexity index is 1080. The summed E-state index contributed by atoms with van der Waals surface area (Å²) < 4.78 is 9.43. The molecule has 0 saturated heterocycles. The van der Waals surface area contributed by atoms with Gasteiger partial charge >= 0.3 is 0 Å². The minimum atomic E-state index is 0.0754. The molecule has 0 spiro atoms. The van der Waals surface area contributed by atoms with Gasteiger partial charge in [-0.1, -0.05) is 30.0 Å². The molecule has 0 N–H and O–H groups in total. The average Bonchev–Trinajstić information content (AvgIpc) is 3.44. The number of nitrogens with zero attached hydrogens (tertiary/aromatic N) is 4. The van der Waals surface area contributed by atoms with Gasteiger partial charge in [0.25, 0.3) is 0 Å². The van der Waals surface area contributed by atoms with Crippen LogP contribution in [0.2, 0.25) is 0 Å². The van der Waals surface area contributed by atoms with E-state index in [9.17, 15) is 4.79 Å². The van der Waals surface area contributed by atoms with Crippen molar-refractivity contribution in [2.24, 2.45) is 0 Å². The molecular formula is C21H20N4O2S. The van der Waals surface area contributed by atoms with Gasteiger partial charge in [0.15, 0.2) is 10.9 Å². The third-order valence-corrected chi connectivity index (χ3v) is 5.59. The molecule has 0 bridgehead atoms. The van der Waals surface area contributed by atoms with Crippen LogP contribution in [0.1, 0.15) is 27.5 Å². The van der Waals surface area contributed by atoms with E-state index in [1.165, 1.54) is 11.8 Å². The number of aryl methyl sites for hydroxylation is 1. The average molecular weight is 392 g/mol. The molecule has 0 fully saturated rings. The van der Waals surface area contributed by atoms with Crippen molar-refractivity contribution in [2.45, 2.75) is 25.5 Å². The van der Waals surface area contributed by atoms with Crippen molar-refractivity contribution in [3.8, 4) is 5.69 Å². The molecule has 3 aromatic heterocycles. The summed E-state index contributed by atoms with van der Waals surface area (Å²) in [6.07, 6.45) is 3.33. The maximum absolute atomic E-state index is 12.9. The second-order valence-corrected chi connectivity index (χ2v) is 7.42. The largest absolute Gasteiger partial charge is 0.467 e. The van der Waals surface area contributed by atoms with Gasteiger partial charge in [0.1, 0.15) is 12.1 Å². The summed E-state index contributed by atoms with van der Waals surface area (Å²) in [7, 11) is 0. The van der Waals surface area contributed by atoms with E-state index in [-0.39, 0.29) is 5.78 Å². The summed E-state index contributed by atoms with van der Waals surface area (Å²) in [5, 5.41) is 8.85. The first-order valence-corrected chi connectivity index (χ1v) is 9.92. The molecule has 0 radical (unpaired) electrons. The topological polar surface area (TPSA) is 65.8 Å². The molecule has 0 unspecified atom stereocenters. The van der Waals surface area contributed by atoms with Gasteiger partial charge in [-0.25, -0.2) is 0 Å². The van der Waals surface area contributed by atoms with E-state index in [0.717, 1.165) is 28.4 Å². The second kappa shape index (κ2) is 7.90. The van der Waals surface area contributed by atoms with E-state index in [1.807, 2.05) is 66.9 Å². The molecular weight excluding hydrogens is 372 g/mol. The maximum atomic E-state index is 12.9. The Morgan fingerprint density at radius 2 is 1.96 bits per heavy atom. The second-order valence-electron chi connectivity index (χ2n) is 6.48. The lowest BCUT2D eigenvalue weighted by Gasteiger charge is -2.08. The van der Waals surface area contributed by atoms with Crippen molar-refractivity contribution in [3.05, 3.63) is 83.8 Å². The predicted octanol–water partition coefficient (Wildman–Crippen LogP) is 4.30. The molecule has 0 aliphatic heterocycles. The number of carbonyl (C=O) groups excluding carboxylic acids is 1. The van der Waals surface area contributed by atoms with Crippen molar-refractivity contribution in [1.82, 2.24) is 19.3 Å². The van der Waals surface area contributed by atoms with Crippen LogP contribution in [0.3, 0.4) is 0 Å². The number of Topliss-reactive ketones (excluding diaryl/α,β-unsaturated/α-hetero) is 1. The lowest BCUT2D eigenvalue weighted by Crippen LogP contribution is -2.08. The number of thioether (sulfide) groups is 1. The van der Waals surface area contributed by atoms with Gasteiger partial charge in [-0.05, 0) is 44.2 Å². The van der Waals surface area contributed by atoms with Crippen LogP contribution in [-0.2, 0) is 6.54 Å². The fourth-order valence-electron chi connectivity index (χ4n) is 3.18. The molecule has 28 heavy (non-hydrogen) atoms. The first kappa shape index (κ1) is 18.3. The summed E-state index contributed by atoms with van der Waals surface area (Å²) in [5.74, 6) is 1.24. The molecule has 6 nitrogen and oxygen atoms in total. The Morgan fingerprint density at radius 1 is 1.14 bits per heavy atom. The summed E-state index contributed by atoms with van der Waals surface area (Å²) in [4.78, 5) is 12.9. The third kappa shape index (κ3) is 3.66. The maximum Gasteiger partial charge on any atom is 0.196 e. The number of hydrogen-bond donors (Lipinski definition) is 0. The van der Waals surface area contributed by atoms with Gasteiger partial charge in [0.05, 0.1) is 18.6 Å². The minimum Gasteiger partial charge on any atom is -0.467 e. The number of carbonyl (C=O) groups is 1. The highest BCUT2D eigenvalue weighted by Gasteiger charge is 2.18. The Kier molecular flexibility index (Phi) is 5.16. The van der Waals surface area contributed by atoms with Crippen molar-refractivity contribution in [2.75, 3.05) is 5.75 Å². The quantitative estimate of drug-likeness (QED) is 0.346. The smallest absolute Gasteiger partial charge is 0.196 e. The highest BCUT2D eigenvalue weighted by Crippen LogP contribution is 2.23. The van der Waals surface area contributed by atoms with Gasteiger partial charge in [0.2, 0.25) is 0 Å². The van der Waals surface area contributed by atoms with Crippen LogP contribution in [0.5, 0.6) is 0 Å². The van der Waals surface area contributed by atoms with Crippen LogP contribution in [0.25, 0.3) is 5.69 Å². The van der Waals surface area contributed by atoms with Gasteiger partial charge < -0.3 is 8.98 Å². The highest BCUT2D eigenvalue weighted by atomic mass is 32.2. The van der Waals surface area contributed by atoms with Crippen LogP contribution < -0.4 is 0 Å². The first-order valence-electron chi connectivity index (χ1n) is 8.94. The van der Waals surface area contributed by atoms with Crippen molar-refractivity contribution >= 4 is 17.5 Å². The van der Waals surface area contributed by atoms with Crippen molar-refractivity contribution in [1.29, 1.82) is 0 Å². The summed E-state index contributed by atoms with van der Waals surface area (Å²) >= 11 is 1.39. The molecule has 4 aromatic rings. The van der Waals surface area contributed by atoms with Gasteiger partial charge in [-0.15, -0.1) is 10.2 Å². The highest BCUT2D eigenvalue weighted by molar-refractivity contribution is 7.99. The summed E-state index contributed by atoms with van der Waals surface area (Å²) in [5.41, 5.74) is 3.69. The molecule has 4 rings (SSSR count). The number of rotatable bonds is 7. The zero-order chi connectivity index (χ0) is 19.5. The Balaban J connectivity index is 1.49. The van der Waals surface area contributed by atoms with E-state index >= 15 is 0 Å². The first-order chi connectivity index (χ1) is 13.6. The lowest BCUT2D eigenvalue weighted by molar-refractivity contribution is 0.102. The fourth-order valence-corrected chi connectivity index (χ4v) is 3.99. The zero-order valence-corrected chi connectivity index (χ0v) is 16.5. The molecule has 0 aliphatic carbocycles. The molecule has 0 aliphatic rings. The van der Waals surface area contributed by atoms with Crippen LogP contribution in [-0.4, -0.2) is 30.9 Å². The third-order valence-electron chi connectivity index (χ3n) is 4.65. The number of hydrogen-bond acceptors (Lipinski definition) is 5. The summed E-state index contributed by atoms with van der Waals surface area (Å²) in [6, 6.07) is 15.6. The predicted molar refractivity (Wildman–Crippen MR) is 108 cm³/mol. The molecule has 3 heterocycles. The van der Waals surface area contributed by atoms with Crippen molar-refractivity contribution in [3.63, 3.8) is 0 Å². The normalized spacial score (nSPS) is 11.1. The SMILES string of the molecule is Cc1cc(C(=O)CSc2nncn2-c2ccccc2)c(C)n1Cc1ccco1. The van der Waals surface area contributed by atoms with Crippen LogP contribution in [0, 0.1) is 13.8 Å². The number of benzene rings is 1. The lowest BCUT2D eigenvalue weighted by atomic mass is 10.2. The molecule has 0 atom stereocenters. The monoisotopic (exact) mass is 392 g/mol. The molecule has 7 heteroatoms. The van der Waals surface area contributed by atoms with Gasteiger partial charge in [0, 0.05) is 22.6 Å². The molecule has 0 saturated carbocycles. The van der Waals surface area contributed by atoms with E-state index in [2.05, 4.69) is 14.8 Å². The number of furan rings is 1. The number of aromatic nitrogens is 4. The minimum absolute atomic E-state index is 0.0754. The van der Waals surface area contributed by atoms with E-state index < -0.39 is 0 Å². The van der Waals surface area contributed by atoms with Crippen LogP contribution in [0.15, 0.2) is 70.7 Å². The van der Waals surface area contributed by atoms with Crippen LogP contribution in [0.4, 0.5) is 0 Å². The Labute approximate surface area is 167 Å². The van der Waals surface area contributed by atoms with Crippen molar-refractivity contribution < 1.29 is 9.21 Å². The zero-order valence-electron chi connectivity index (χ0n) is 15.7. The van der Waals surface area contributed by atoms with E-state index in [4.69, 9.17) is 4.42 Å². The number of ketones is 1. The Morgan fingerprint density at radius 3 is 2.71 bits per heavy atom. The van der Waals surface area contributed by atoms with E-state index in [0.29, 0.717) is 17.5 Å². The molecule has 0 amide bonds. The molecule has 142 valence electrons. The van der Waals surface area contributed by atoms with Gasteiger partial charge in [-0.3, -0.25) is 9.36 Å². The number of para-hydroxylation sites is 1. The van der Waals surface area contributed by atoms with E-state index in [1.54, 1.807) is 12.6 Å².